The van der Waals surface area contributed by atoms with Crippen LogP contribution in [-0.2, 0) is 4.74 Å². The zero-order chi connectivity index (χ0) is 19.4. The van der Waals surface area contributed by atoms with Crippen LogP contribution in [0.4, 0.5) is 0 Å². The zero-order valence-corrected chi connectivity index (χ0v) is 15.3. The number of methoxy groups -OCH3 is 1. The molecule has 1 fully saturated rings. The van der Waals surface area contributed by atoms with Gasteiger partial charge in [-0.15, -0.1) is 0 Å². The Balaban J connectivity index is 2.11. The molecule has 1 saturated heterocycles. The second-order valence-corrected chi connectivity index (χ2v) is 5.96. The summed E-state index contributed by atoms with van der Waals surface area (Å²) in [4.78, 5) is 27.0. The third-order valence-corrected chi connectivity index (χ3v) is 4.29. The highest BCUT2D eigenvalue weighted by atomic mass is 16.5. The lowest BCUT2D eigenvalue weighted by Gasteiger charge is -2.25. The van der Waals surface area contributed by atoms with E-state index in [9.17, 15) is 14.7 Å². The van der Waals surface area contributed by atoms with Gasteiger partial charge >= 0.3 is 5.69 Å². The van der Waals surface area contributed by atoms with Crippen molar-refractivity contribution in [2.75, 3.05) is 33.4 Å². The predicted octanol–water partition coefficient (Wildman–Crippen LogP) is 0.686. The summed E-state index contributed by atoms with van der Waals surface area (Å²) in [5.41, 5.74) is -0.612. The molecule has 27 heavy (non-hydrogen) atoms. The summed E-state index contributed by atoms with van der Waals surface area (Å²) in [5.74, 6) is 0.168. The first-order chi connectivity index (χ1) is 13.0. The SMILES string of the molecule is CC/C(=N\N1CCOCC1)c1c(O)n(-c2ccc(OC)cc2)c(=O)[nH]c1=O. The Kier molecular flexibility index (Phi) is 5.60. The van der Waals surface area contributed by atoms with Crippen LogP contribution in [0.2, 0.25) is 0 Å². The highest BCUT2D eigenvalue weighted by molar-refractivity contribution is 6.01. The van der Waals surface area contributed by atoms with Crippen molar-refractivity contribution in [2.45, 2.75) is 13.3 Å². The minimum absolute atomic E-state index is 0.0144. The van der Waals surface area contributed by atoms with Gasteiger partial charge in [-0.25, -0.2) is 9.36 Å². The zero-order valence-electron chi connectivity index (χ0n) is 15.3. The van der Waals surface area contributed by atoms with E-state index in [2.05, 4.69) is 10.1 Å². The van der Waals surface area contributed by atoms with Crippen molar-refractivity contribution in [2.24, 2.45) is 5.10 Å². The molecule has 9 heteroatoms. The Morgan fingerprint density at radius 1 is 1.26 bits per heavy atom. The Bertz CT molecular complexity index is 940. The molecule has 0 saturated carbocycles. The lowest BCUT2D eigenvalue weighted by molar-refractivity contribution is 0.0393. The van der Waals surface area contributed by atoms with E-state index in [1.54, 1.807) is 29.3 Å². The van der Waals surface area contributed by atoms with E-state index < -0.39 is 17.1 Å². The Morgan fingerprint density at radius 2 is 1.93 bits per heavy atom. The van der Waals surface area contributed by atoms with Crippen molar-refractivity contribution in [3.05, 3.63) is 50.7 Å². The highest BCUT2D eigenvalue weighted by Crippen LogP contribution is 2.20. The average molecular weight is 374 g/mol. The predicted molar refractivity (Wildman–Crippen MR) is 100 cm³/mol. The smallest absolute Gasteiger partial charge is 0.335 e. The quantitative estimate of drug-likeness (QED) is 0.745. The van der Waals surface area contributed by atoms with Crippen molar-refractivity contribution in [3.63, 3.8) is 0 Å². The molecular formula is C18H22N4O5. The Labute approximate surface area is 155 Å². The van der Waals surface area contributed by atoms with Crippen molar-refractivity contribution >= 4 is 5.71 Å². The van der Waals surface area contributed by atoms with Gasteiger partial charge in [-0.3, -0.25) is 14.8 Å². The number of morpholine rings is 1. The number of hydrazone groups is 1. The van der Waals surface area contributed by atoms with Crippen LogP contribution < -0.4 is 16.0 Å². The van der Waals surface area contributed by atoms with E-state index in [1.807, 2.05) is 6.92 Å². The van der Waals surface area contributed by atoms with Crippen molar-refractivity contribution in [3.8, 4) is 17.3 Å². The molecule has 0 atom stereocenters. The van der Waals surface area contributed by atoms with Gasteiger partial charge < -0.3 is 14.6 Å². The summed E-state index contributed by atoms with van der Waals surface area (Å²) < 4.78 is 11.4. The summed E-state index contributed by atoms with van der Waals surface area (Å²) in [6.07, 6.45) is 0.412. The van der Waals surface area contributed by atoms with Gasteiger partial charge in [-0.1, -0.05) is 6.92 Å². The molecular weight excluding hydrogens is 352 g/mol. The van der Waals surface area contributed by atoms with Crippen LogP contribution in [0.25, 0.3) is 5.69 Å². The Hall–Kier alpha value is -3.07. The van der Waals surface area contributed by atoms with E-state index in [1.165, 1.54) is 7.11 Å². The summed E-state index contributed by atoms with van der Waals surface area (Å²) >= 11 is 0. The van der Waals surface area contributed by atoms with Gasteiger partial charge in [0.2, 0.25) is 5.88 Å². The first-order valence-corrected chi connectivity index (χ1v) is 8.68. The van der Waals surface area contributed by atoms with Crippen LogP contribution in [0.1, 0.15) is 18.9 Å². The van der Waals surface area contributed by atoms with Crippen LogP contribution in [0.5, 0.6) is 11.6 Å². The van der Waals surface area contributed by atoms with Gasteiger partial charge in [-0.2, -0.15) is 5.10 Å². The van der Waals surface area contributed by atoms with E-state index in [4.69, 9.17) is 9.47 Å². The molecule has 0 radical (unpaired) electrons. The number of benzene rings is 1. The summed E-state index contributed by atoms with van der Waals surface area (Å²) in [5, 5.41) is 17.0. The topological polar surface area (TPSA) is 109 Å². The van der Waals surface area contributed by atoms with Gasteiger partial charge in [-0.05, 0) is 30.7 Å². The summed E-state index contributed by atoms with van der Waals surface area (Å²) in [6.45, 7) is 4.13. The third-order valence-electron chi connectivity index (χ3n) is 4.29. The number of aromatic nitrogens is 2. The van der Waals surface area contributed by atoms with Crippen LogP contribution in [0.3, 0.4) is 0 Å². The number of aromatic amines is 1. The first kappa shape index (κ1) is 18.7. The van der Waals surface area contributed by atoms with Crippen molar-refractivity contribution in [1.82, 2.24) is 14.6 Å². The largest absolute Gasteiger partial charge is 0.497 e. The van der Waals surface area contributed by atoms with Gasteiger partial charge in [0.1, 0.15) is 11.3 Å². The number of rotatable bonds is 5. The van der Waals surface area contributed by atoms with E-state index in [0.29, 0.717) is 49.9 Å². The van der Waals surface area contributed by atoms with Gasteiger partial charge in [0.05, 0.1) is 44.8 Å². The maximum atomic E-state index is 12.4. The molecule has 0 amide bonds. The molecule has 0 spiro atoms. The molecule has 0 bridgehead atoms. The van der Waals surface area contributed by atoms with Gasteiger partial charge in [0, 0.05) is 0 Å². The first-order valence-electron chi connectivity index (χ1n) is 8.68. The lowest BCUT2D eigenvalue weighted by Crippen LogP contribution is -2.36. The number of nitrogens with one attached hydrogen (secondary N) is 1. The fourth-order valence-electron chi connectivity index (χ4n) is 2.88. The monoisotopic (exact) mass is 374 g/mol. The van der Waals surface area contributed by atoms with Gasteiger partial charge in [0.25, 0.3) is 5.56 Å². The standard InChI is InChI=1S/C18H22N4O5/c1-3-14(20-21-8-10-27-11-9-21)15-16(23)19-18(25)22(17(15)24)12-4-6-13(26-2)7-5-12/h4-7,24H,3,8-11H2,1-2H3,(H,19,23,25)/b20-14+. The number of hydrogen-bond donors (Lipinski definition) is 2. The number of ether oxygens (including phenoxy) is 2. The molecule has 1 aliphatic heterocycles. The molecule has 2 N–H and O–H groups in total. The Morgan fingerprint density at radius 3 is 2.52 bits per heavy atom. The number of aromatic hydroxyl groups is 1. The minimum atomic E-state index is -0.728. The van der Waals surface area contributed by atoms with E-state index in [-0.39, 0.29) is 5.56 Å². The second-order valence-electron chi connectivity index (χ2n) is 5.96. The van der Waals surface area contributed by atoms with Crippen molar-refractivity contribution < 1.29 is 14.6 Å². The van der Waals surface area contributed by atoms with Crippen LogP contribution in [0.15, 0.2) is 39.0 Å². The van der Waals surface area contributed by atoms with E-state index >= 15 is 0 Å². The van der Waals surface area contributed by atoms with Gasteiger partial charge in [0.15, 0.2) is 0 Å². The molecule has 1 aromatic heterocycles. The minimum Gasteiger partial charge on any atom is -0.497 e. The summed E-state index contributed by atoms with van der Waals surface area (Å²) in [6, 6.07) is 6.56. The lowest BCUT2D eigenvalue weighted by atomic mass is 10.1. The maximum absolute atomic E-state index is 12.4. The van der Waals surface area contributed by atoms with E-state index in [0.717, 1.165) is 4.57 Å². The molecule has 3 rings (SSSR count). The molecule has 2 heterocycles. The van der Waals surface area contributed by atoms with Crippen LogP contribution in [0, 0.1) is 0 Å². The molecule has 2 aromatic rings. The molecule has 1 aliphatic rings. The molecule has 9 nitrogen and oxygen atoms in total. The number of H-pyrrole nitrogens is 1. The molecule has 0 unspecified atom stereocenters. The summed E-state index contributed by atoms with van der Waals surface area (Å²) in [7, 11) is 1.53. The number of hydrogen-bond acceptors (Lipinski definition) is 7. The number of nitrogens with zero attached hydrogens (tertiary/aromatic N) is 3. The molecule has 144 valence electrons. The fraction of sp³-hybridized carbons (Fsp3) is 0.389. The third kappa shape index (κ3) is 3.87. The van der Waals surface area contributed by atoms with Crippen molar-refractivity contribution in [1.29, 1.82) is 0 Å². The average Bonchev–Trinajstić information content (AvgIpc) is 2.68. The second kappa shape index (κ2) is 8.09. The molecule has 0 aliphatic carbocycles. The maximum Gasteiger partial charge on any atom is 0.335 e. The highest BCUT2D eigenvalue weighted by Gasteiger charge is 2.21. The van der Waals surface area contributed by atoms with Crippen LogP contribution in [-0.4, -0.2) is 58.8 Å². The fourth-order valence-corrected chi connectivity index (χ4v) is 2.88. The van der Waals surface area contributed by atoms with Crippen LogP contribution >= 0.6 is 0 Å². The normalized spacial score (nSPS) is 15.0. The molecule has 1 aromatic carbocycles.